The molecule has 0 aromatic carbocycles. The molecule has 28 heavy (non-hydrogen) atoms. The summed E-state index contributed by atoms with van der Waals surface area (Å²) in [5.74, 6) is -5.35. The van der Waals surface area contributed by atoms with E-state index in [9.17, 15) is 29.7 Å². The highest BCUT2D eigenvalue weighted by molar-refractivity contribution is 5.70. The molecule has 0 rings (SSSR count). The van der Waals surface area contributed by atoms with Crippen LogP contribution >= 0.6 is 0 Å². The molecule has 2 N–H and O–H groups in total. The van der Waals surface area contributed by atoms with Crippen LogP contribution in [0, 0.1) is 17.8 Å². The van der Waals surface area contributed by atoms with Gasteiger partial charge in [0.15, 0.2) is 0 Å². The molecule has 0 aliphatic carbocycles. The zero-order valence-corrected chi connectivity index (χ0v) is 17.7. The molecule has 162 valence electrons. The molecule has 0 saturated carbocycles. The highest BCUT2D eigenvalue weighted by Crippen LogP contribution is 2.21. The van der Waals surface area contributed by atoms with Crippen molar-refractivity contribution in [2.45, 2.75) is 59.8 Å². The van der Waals surface area contributed by atoms with Crippen LogP contribution in [-0.2, 0) is 14.4 Å². The standard InChI is InChI=1S/C21H37NO6/c1-5-6-7-8-9-10-11-12-22(13-16(2)19(23)24,14-17(3)20(25)26)15-18(4)21(27)28/h9-10,16-18H,5-8,11-15H2,1-4H3,(H2-,23,24,25,26,27,28)/b10-9+. The first-order valence-corrected chi connectivity index (χ1v) is 10.2. The molecule has 0 radical (unpaired) electrons. The Morgan fingerprint density at radius 3 is 1.75 bits per heavy atom. The Morgan fingerprint density at radius 1 is 0.857 bits per heavy atom. The molecule has 0 amide bonds. The van der Waals surface area contributed by atoms with Crippen molar-refractivity contribution in [3.8, 4) is 0 Å². The maximum absolute atomic E-state index is 11.4. The lowest BCUT2D eigenvalue weighted by atomic mass is 10.0. The summed E-state index contributed by atoms with van der Waals surface area (Å²) in [7, 11) is 0. The number of rotatable bonds is 16. The molecule has 0 aliphatic heterocycles. The predicted molar refractivity (Wildman–Crippen MR) is 105 cm³/mol. The third kappa shape index (κ3) is 10.4. The topological polar surface area (TPSA) is 115 Å². The minimum atomic E-state index is -1.21. The van der Waals surface area contributed by atoms with Gasteiger partial charge in [0.25, 0.3) is 0 Å². The monoisotopic (exact) mass is 399 g/mol. The van der Waals surface area contributed by atoms with Crippen molar-refractivity contribution in [2.75, 3.05) is 26.2 Å². The van der Waals surface area contributed by atoms with Crippen molar-refractivity contribution < 1.29 is 34.2 Å². The number of hydrogen-bond acceptors (Lipinski definition) is 4. The van der Waals surface area contributed by atoms with Crippen molar-refractivity contribution >= 4 is 17.9 Å². The van der Waals surface area contributed by atoms with Crippen LogP contribution < -0.4 is 5.11 Å². The molecule has 3 unspecified atom stereocenters. The van der Waals surface area contributed by atoms with Crippen molar-refractivity contribution in [2.24, 2.45) is 17.8 Å². The van der Waals surface area contributed by atoms with E-state index < -0.39 is 35.7 Å². The van der Waals surface area contributed by atoms with Crippen LogP contribution in [0.5, 0.6) is 0 Å². The summed E-state index contributed by atoms with van der Waals surface area (Å²) in [6.07, 6.45) is 9.16. The average Bonchev–Trinajstić information content (AvgIpc) is 2.60. The minimum Gasteiger partial charge on any atom is -0.550 e. The van der Waals surface area contributed by atoms with Crippen molar-refractivity contribution in [3.63, 3.8) is 0 Å². The molecule has 7 heteroatoms. The largest absolute Gasteiger partial charge is 0.550 e. The van der Waals surface area contributed by atoms with Gasteiger partial charge in [-0.1, -0.05) is 38.8 Å². The van der Waals surface area contributed by atoms with Gasteiger partial charge >= 0.3 is 11.9 Å². The molecule has 0 heterocycles. The predicted octanol–water partition coefficient (Wildman–Crippen LogP) is 2.16. The number of quaternary nitrogens is 1. The van der Waals surface area contributed by atoms with Gasteiger partial charge < -0.3 is 24.6 Å². The van der Waals surface area contributed by atoms with E-state index in [2.05, 4.69) is 13.0 Å². The summed E-state index contributed by atoms with van der Waals surface area (Å²) in [5.41, 5.74) is 0. The molecule has 7 nitrogen and oxygen atoms in total. The molecule has 0 bridgehead atoms. The van der Waals surface area contributed by atoms with Crippen LogP contribution in [0.15, 0.2) is 12.2 Å². The van der Waals surface area contributed by atoms with E-state index in [4.69, 9.17) is 0 Å². The van der Waals surface area contributed by atoms with Gasteiger partial charge in [-0.25, -0.2) is 0 Å². The Labute approximate surface area is 168 Å². The van der Waals surface area contributed by atoms with E-state index in [1.165, 1.54) is 13.3 Å². The second-order valence-corrected chi connectivity index (χ2v) is 8.07. The van der Waals surface area contributed by atoms with E-state index in [1.807, 2.05) is 6.08 Å². The molecule has 0 aromatic rings. The fraction of sp³-hybridized carbons (Fsp3) is 0.762. The quantitative estimate of drug-likeness (QED) is 0.233. The zero-order valence-electron chi connectivity index (χ0n) is 17.7. The summed E-state index contributed by atoms with van der Waals surface area (Å²) in [6, 6.07) is 0. The fourth-order valence-corrected chi connectivity index (χ4v) is 3.57. The molecule has 0 aromatic heterocycles. The number of unbranched alkanes of at least 4 members (excludes halogenated alkanes) is 3. The Kier molecular flexibility index (Phi) is 12.4. The van der Waals surface area contributed by atoms with Crippen LogP contribution in [0.4, 0.5) is 0 Å². The van der Waals surface area contributed by atoms with Crippen molar-refractivity contribution in [1.29, 1.82) is 0 Å². The van der Waals surface area contributed by atoms with Crippen LogP contribution in [0.25, 0.3) is 0 Å². The molecule has 0 fully saturated rings. The molecule has 0 saturated heterocycles. The van der Waals surface area contributed by atoms with Gasteiger partial charge in [0.05, 0.1) is 26.2 Å². The summed E-state index contributed by atoms with van der Waals surface area (Å²) in [4.78, 5) is 34.2. The Hall–Kier alpha value is -1.89. The van der Waals surface area contributed by atoms with Gasteiger partial charge in [0.2, 0.25) is 0 Å². The Balaban J connectivity index is 5.44. The number of hydrogen-bond donors (Lipinski definition) is 2. The number of carbonyl (C=O) groups is 3. The second-order valence-electron chi connectivity index (χ2n) is 8.07. The van der Waals surface area contributed by atoms with Gasteiger partial charge in [0, 0.05) is 18.3 Å². The summed E-state index contributed by atoms with van der Waals surface area (Å²) in [5, 5.41) is 30.0. The van der Waals surface area contributed by atoms with E-state index in [0.717, 1.165) is 19.3 Å². The van der Waals surface area contributed by atoms with Crippen LogP contribution in [0.2, 0.25) is 0 Å². The van der Waals surface area contributed by atoms with E-state index in [0.29, 0.717) is 13.0 Å². The van der Waals surface area contributed by atoms with Crippen molar-refractivity contribution in [3.05, 3.63) is 12.2 Å². The first kappa shape index (κ1) is 26.1. The molecular formula is C21H37NO6. The van der Waals surface area contributed by atoms with Crippen LogP contribution in [-0.4, -0.2) is 58.8 Å². The smallest absolute Gasteiger partial charge is 0.311 e. The fourth-order valence-electron chi connectivity index (χ4n) is 3.57. The summed E-state index contributed by atoms with van der Waals surface area (Å²) < 4.78 is 0.134. The summed E-state index contributed by atoms with van der Waals surface area (Å²) >= 11 is 0. The normalized spacial score (nSPS) is 17.0. The maximum atomic E-state index is 11.4. The minimum absolute atomic E-state index is 0.134. The lowest BCUT2D eigenvalue weighted by Crippen LogP contribution is -2.58. The molecule has 3 atom stereocenters. The SMILES string of the molecule is CCCCC/C=C/CC[N+](CC(C)C(=O)[O-])(CC(C)C(=O)O)CC(C)C(=O)O. The third-order valence-electron chi connectivity index (χ3n) is 5.14. The van der Waals surface area contributed by atoms with Gasteiger partial charge in [-0.05, 0) is 26.7 Å². The Bertz CT molecular complexity index is 476. The number of carboxylic acid groups (broad SMARTS) is 3. The van der Waals surface area contributed by atoms with Gasteiger partial charge in [-0.2, -0.15) is 0 Å². The van der Waals surface area contributed by atoms with Gasteiger partial charge in [-0.3, -0.25) is 9.59 Å². The van der Waals surface area contributed by atoms with E-state index in [-0.39, 0.29) is 24.1 Å². The summed E-state index contributed by atoms with van der Waals surface area (Å²) in [6.45, 7) is 7.85. The highest BCUT2D eigenvalue weighted by atomic mass is 16.4. The van der Waals surface area contributed by atoms with Crippen LogP contribution in [0.1, 0.15) is 59.8 Å². The van der Waals surface area contributed by atoms with Gasteiger partial charge in [0.1, 0.15) is 11.8 Å². The molecule has 0 spiro atoms. The Morgan fingerprint density at radius 2 is 1.32 bits per heavy atom. The average molecular weight is 400 g/mol. The third-order valence-corrected chi connectivity index (χ3v) is 5.14. The number of nitrogens with zero attached hydrogens (tertiary/aromatic N) is 1. The van der Waals surface area contributed by atoms with Crippen molar-refractivity contribution in [1.82, 2.24) is 0 Å². The maximum Gasteiger partial charge on any atom is 0.311 e. The molecular weight excluding hydrogens is 362 g/mol. The second kappa shape index (κ2) is 13.3. The number of carbonyl (C=O) groups excluding carboxylic acids is 1. The number of carboxylic acids is 3. The van der Waals surface area contributed by atoms with Crippen LogP contribution in [0.3, 0.4) is 0 Å². The lowest BCUT2D eigenvalue weighted by molar-refractivity contribution is -0.934. The number of allylic oxidation sites excluding steroid dienone is 1. The zero-order chi connectivity index (χ0) is 21.7. The lowest BCUT2D eigenvalue weighted by Gasteiger charge is -2.42. The van der Waals surface area contributed by atoms with E-state index in [1.54, 1.807) is 13.8 Å². The first-order valence-electron chi connectivity index (χ1n) is 10.2. The first-order chi connectivity index (χ1) is 13.0. The van der Waals surface area contributed by atoms with Gasteiger partial charge in [-0.15, -0.1) is 0 Å². The number of aliphatic carboxylic acids is 3. The molecule has 0 aliphatic rings. The highest BCUT2D eigenvalue weighted by Gasteiger charge is 2.36. The van der Waals surface area contributed by atoms with E-state index >= 15 is 0 Å².